The van der Waals surface area contributed by atoms with E-state index in [4.69, 9.17) is 25.8 Å². The van der Waals surface area contributed by atoms with Gasteiger partial charge in [-0.05, 0) is 22.0 Å². The minimum absolute atomic E-state index is 0.444. The first kappa shape index (κ1) is 15.8. The Morgan fingerprint density at radius 1 is 1.17 bits per heavy atom. The fourth-order valence-corrected chi connectivity index (χ4v) is 2.13. The van der Waals surface area contributed by atoms with E-state index in [9.17, 15) is 0 Å². The van der Waals surface area contributed by atoms with Gasteiger partial charge in [0.25, 0.3) is 0 Å². The molecule has 3 nitrogen and oxygen atoms in total. The Balaban J connectivity index is 2.26. The van der Waals surface area contributed by atoms with Crippen molar-refractivity contribution in [3.63, 3.8) is 0 Å². The molecular weight excluding hydrogens is 319 g/mol. The summed E-state index contributed by atoms with van der Waals surface area (Å²) < 4.78 is 16.9. The van der Waals surface area contributed by atoms with Gasteiger partial charge in [0.1, 0.15) is 5.75 Å². The molecule has 1 aromatic rings. The highest BCUT2D eigenvalue weighted by molar-refractivity contribution is 9.10. The number of benzene rings is 1. The molecule has 0 bridgehead atoms. The second-order valence-electron chi connectivity index (χ2n) is 3.67. The first-order valence-corrected chi connectivity index (χ1v) is 7.15. The van der Waals surface area contributed by atoms with Crippen LogP contribution in [0.3, 0.4) is 0 Å². The van der Waals surface area contributed by atoms with Crippen molar-refractivity contribution < 1.29 is 14.2 Å². The zero-order valence-corrected chi connectivity index (χ0v) is 12.8. The minimum atomic E-state index is 0.444. The van der Waals surface area contributed by atoms with Crippen LogP contribution >= 0.6 is 27.5 Å². The van der Waals surface area contributed by atoms with Crippen LogP contribution in [0.25, 0.3) is 0 Å². The van der Waals surface area contributed by atoms with E-state index in [1.165, 1.54) is 0 Å². The Labute approximate surface area is 121 Å². The molecule has 0 saturated carbocycles. The SMILES string of the molecule is COCCOCCCOc1c(Br)cccc1CCl. The Morgan fingerprint density at radius 3 is 2.72 bits per heavy atom. The summed E-state index contributed by atoms with van der Waals surface area (Å²) in [7, 11) is 1.66. The monoisotopic (exact) mass is 336 g/mol. The zero-order chi connectivity index (χ0) is 13.2. The molecule has 0 aliphatic heterocycles. The quantitative estimate of drug-likeness (QED) is 0.509. The second-order valence-corrected chi connectivity index (χ2v) is 4.79. The van der Waals surface area contributed by atoms with Gasteiger partial charge >= 0.3 is 0 Å². The summed E-state index contributed by atoms with van der Waals surface area (Å²) in [6.07, 6.45) is 0.840. The predicted molar refractivity (Wildman–Crippen MR) is 76.5 cm³/mol. The second kappa shape index (κ2) is 9.62. The fourth-order valence-electron chi connectivity index (χ4n) is 1.40. The van der Waals surface area contributed by atoms with Gasteiger partial charge in [-0.2, -0.15) is 0 Å². The summed E-state index contributed by atoms with van der Waals surface area (Å²) in [6.45, 7) is 2.53. The molecule has 0 spiro atoms. The molecule has 0 saturated heterocycles. The largest absolute Gasteiger partial charge is 0.492 e. The van der Waals surface area contributed by atoms with E-state index in [1.807, 2.05) is 18.2 Å². The van der Waals surface area contributed by atoms with Crippen LogP contribution in [0.2, 0.25) is 0 Å². The van der Waals surface area contributed by atoms with E-state index in [2.05, 4.69) is 15.9 Å². The van der Waals surface area contributed by atoms with Gasteiger partial charge in [-0.1, -0.05) is 12.1 Å². The van der Waals surface area contributed by atoms with Crippen LogP contribution in [0.4, 0.5) is 0 Å². The van der Waals surface area contributed by atoms with Gasteiger partial charge in [-0.25, -0.2) is 0 Å². The fraction of sp³-hybridized carbons (Fsp3) is 0.538. The van der Waals surface area contributed by atoms with Crippen LogP contribution in [0.1, 0.15) is 12.0 Å². The molecule has 0 aliphatic rings. The van der Waals surface area contributed by atoms with Crippen LogP contribution < -0.4 is 4.74 Å². The maximum atomic E-state index is 5.86. The van der Waals surface area contributed by atoms with Crippen LogP contribution in [0, 0.1) is 0 Å². The minimum Gasteiger partial charge on any atom is -0.492 e. The average Bonchev–Trinajstić information content (AvgIpc) is 2.39. The Kier molecular flexibility index (Phi) is 8.42. The summed E-state index contributed by atoms with van der Waals surface area (Å²) in [4.78, 5) is 0. The Hall–Kier alpha value is -0.290. The van der Waals surface area contributed by atoms with E-state index in [0.717, 1.165) is 22.2 Å². The molecule has 5 heteroatoms. The van der Waals surface area contributed by atoms with Crippen molar-refractivity contribution >= 4 is 27.5 Å². The molecule has 0 heterocycles. The normalized spacial score (nSPS) is 10.6. The van der Waals surface area contributed by atoms with Crippen molar-refractivity contribution in [3.8, 4) is 5.75 Å². The summed E-state index contributed by atoms with van der Waals surface area (Å²) in [5, 5.41) is 0. The Morgan fingerprint density at radius 2 is 2.00 bits per heavy atom. The molecule has 0 unspecified atom stereocenters. The zero-order valence-electron chi connectivity index (χ0n) is 10.5. The van der Waals surface area contributed by atoms with Gasteiger partial charge in [-0.15, -0.1) is 11.6 Å². The van der Waals surface area contributed by atoms with Gasteiger partial charge in [0.15, 0.2) is 0 Å². The van der Waals surface area contributed by atoms with Crippen molar-refractivity contribution in [1.82, 2.24) is 0 Å². The highest BCUT2D eigenvalue weighted by atomic mass is 79.9. The third-order valence-corrected chi connectivity index (χ3v) is 3.22. The molecule has 18 heavy (non-hydrogen) atoms. The van der Waals surface area contributed by atoms with E-state index in [1.54, 1.807) is 7.11 Å². The highest BCUT2D eigenvalue weighted by Crippen LogP contribution is 2.30. The molecule has 0 atom stereocenters. The van der Waals surface area contributed by atoms with Gasteiger partial charge in [0.2, 0.25) is 0 Å². The maximum absolute atomic E-state index is 5.86. The number of halogens is 2. The molecule has 102 valence electrons. The van der Waals surface area contributed by atoms with E-state index in [-0.39, 0.29) is 0 Å². The molecule has 0 fully saturated rings. The summed E-state index contributed by atoms with van der Waals surface area (Å²) >= 11 is 9.32. The molecule has 0 N–H and O–H groups in total. The van der Waals surface area contributed by atoms with Crippen molar-refractivity contribution in [2.75, 3.05) is 33.5 Å². The lowest BCUT2D eigenvalue weighted by atomic mass is 10.2. The number of rotatable bonds is 9. The van der Waals surface area contributed by atoms with Gasteiger partial charge in [0.05, 0.1) is 30.2 Å². The van der Waals surface area contributed by atoms with Gasteiger partial charge in [-0.3, -0.25) is 0 Å². The number of para-hydroxylation sites is 1. The smallest absolute Gasteiger partial charge is 0.137 e. The molecule has 0 amide bonds. The van der Waals surface area contributed by atoms with Crippen molar-refractivity contribution in [2.24, 2.45) is 0 Å². The van der Waals surface area contributed by atoms with E-state index < -0.39 is 0 Å². The number of hydrogen-bond acceptors (Lipinski definition) is 3. The maximum Gasteiger partial charge on any atom is 0.137 e. The molecule has 1 aromatic carbocycles. The van der Waals surface area contributed by atoms with Crippen LogP contribution in [0.5, 0.6) is 5.75 Å². The summed E-state index contributed by atoms with van der Waals surface area (Å²) in [6, 6.07) is 5.85. The third-order valence-electron chi connectivity index (χ3n) is 2.30. The number of ether oxygens (including phenoxy) is 3. The summed E-state index contributed by atoms with van der Waals surface area (Å²) in [5.74, 6) is 1.27. The molecule has 1 rings (SSSR count). The van der Waals surface area contributed by atoms with Crippen LogP contribution in [0.15, 0.2) is 22.7 Å². The standard InChI is InChI=1S/C13H18BrClO3/c1-16-8-9-17-6-3-7-18-13-11(10-15)4-2-5-12(13)14/h2,4-5H,3,6-10H2,1H3. The predicted octanol–water partition coefficient (Wildman–Crippen LogP) is 3.62. The molecular formula is C13H18BrClO3. The first-order valence-electron chi connectivity index (χ1n) is 5.82. The topological polar surface area (TPSA) is 27.7 Å². The first-order chi connectivity index (χ1) is 8.79. The number of hydrogen-bond donors (Lipinski definition) is 0. The van der Waals surface area contributed by atoms with Crippen molar-refractivity contribution in [3.05, 3.63) is 28.2 Å². The molecule has 0 aliphatic carbocycles. The lowest BCUT2D eigenvalue weighted by Gasteiger charge is -2.11. The Bertz CT molecular complexity index is 347. The molecule has 0 radical (unpaired) electrons. The lowest BCUT2D eigenvalue weighted by Crippen LogP contribution is -2.07. The highest BCUT2D eigenvalue weighted by Gasteiger charge is 2.06. The van der Waals surface area contributed by atoms with Gasteiger partial charge in [0, 0.05) is 25.7 Å². The average molecular weight is 338 g/mol. The van der Waals surface area contributed by atoms with E-state index >= 15 is 0 Å². The number of alkyl halides is 1. The lowest BCUT2D eigenvalue weighted by molar-refractivity contribution is 0.0643. The van der Waals surface area contributed by atoms with Gasteiger partial charge < -0.3 is 14.2 Å². The number of methoxy groups -OCH3 is 1. The van der Waals surface area contributed by atoms with Crippen LogP contribution in [-0.4, -0.2) is 33.5 Å². The van der Waals surface area contributed by atoms with Crippen LogP contribution in [-0.2, 0) is 15.4 Å². The third kappa shape index (κ3) is 5.57. The summed E-state index contributed by atoms with van der Waals surface area (Å²) in [5.41, 5.74) is 0.992. The van der Waals surface area contributed by atoms with Crippen molar-refractivity contribution in [2.45, 2.75) is 12.3 Å². The molecule has 0 aromatic heterocycles. The van der Waals surface area contributed by atoms with E-state index in [0.29, 0.717) is 32.3 Å². The van der Waals surface area contributed by atoms with Crippen molar-refractivity contribution in [1.29, 1.82) is 0 Å².